The third-order valence-corrected chi connectivity index (χ3v) is 4.51. The molecule has 2 aliphatic rings. The van der Waals surface area contributed by atoms with Crippen molar-refractivity contribution in [2.75, 3.05) is 4.90 Å². The zero-order valence-corrected chi connectivity index (χ0v) is 12.5. The molecule has 2 aromatic carbocycles. The highest BCUT2D eigenvalue weighted by Crippen LogP contribution is 2.40. The Bertz CT molecular complexity index is 950. The summed E-state index contributed by atoms with van der Waals surface area (Å²) in [5.41, 5.74) is 6.72. The Hall–Kier alpha value is -3.22. The van der Waals surface area contributed by atoms with Crippen LogP contribution in [0.15, 0.2) is 30.3 Å². The number of nitrogens with zero attached hydrogens (tertiary/aromatic N) is 1. The van der Waals surface area contributed by atoms with Crippen LogP contribution >= 0.6 is 0 Å². The Balaban J connectivity index is 1.90. The Kier molecular flexibility index (Phi) is 2.93. The minimum Gasteiger partial charge on any atom is -0.366 e. The van der Waals surface area contributed by atoms with E-state index in [4.69, 9.17) is 5.73 Å². The second-order valence-corrected chi connectivity index (χ2v) is 5.87. The van der Waals surface area contributed by atoms with Crippen molar-refractivity contribution >= 4 is 40.1 Å². The van der Waals surface area contributed by atoms with E-state index in [0.29, 0.717) is 27.6 Å². The molecule has 120 valence electrons. The van der Waals surface area contributed by atoms with Crippen molar-refractivity contribution in [1.29, 1.82) is 0 Å². The van der Waals surface area contributed by atoms with Crippen LogP contribution < -0.4 is 16.0 Å². The highest BCUT2D eigenvalue weighted by molar-refractivity contribution is 6.29. The molecule has 7 heteroatoms. The summed E-state index contributed by atoms with van der Waals surface area (Å²) in [6.45, 7) is 0. The summed E-state index contributed by atoms with van der Waals surface area (Å²) in [5, 5.41) is 3.47. The van der Waals surface area contributed by atoms with E-state index in [1.807, 2.05) is 0 Å². The molecule has 2 aromatic rings. The highest BCUT2D eigenvalue weighted by Gasteiger charge is 2.40. The standard InChI is InChI=1S/C17H13N3O4/c18-15(22)9-4-5-10-14-8(9)2-1-3-11(14)20(17(10)24)12-6-7-13(21)19-16(12)23/h1-5,12H,6-7H2,(H2,18,22)(H,19,21,23). The number of primary amides is 1. The third kappa shape index (κ3) is 1.84. The second-order valence-electron chi connectivity index (χ2n) is 5.87. The van der Waals surface area contributed by atoms with Gasteiger partial charge in [0.15, 0.2) is 0 Å². The number of benzene rings is 2. The van der Waals surface area contributed by atoms with Gasteiger partial charge in [0.25, 0.3) is 5.91 Å². The van der Waals surface area contributed by atoms with Gasteiger partial charge in [-0.25, -0.2) is 0 Å². The second kappa shape index (κ2) is 4.89. The molecule has 0 aliphatic carbocycles. The van der Waals surface area contributed by atoms with Crippen LogP contribution in [-0.2, 0) is 9.59 Å². The van der Waals surface area contributed by atoms with Crippen molar-refractivity contribution in [2.24, 2.45) is 5.73 Å². The Morgan fingerprint density at radius 2 is 1.96 bits per heavy atom. The first-order chi connectivity index (χ1) is 11.5. The third-order valence-electron chi connectivity index (χ3n) is 4.51. The SMILES string of the molecule is NC(=O)c1ccc2c3c(cccc13)N(C1CCC(=O)NC1=O)C2=O. The summed E-state index contributed by atoms with van der Waals surface area (Å²) in [6, 6.07) is 7.50. The van der Waals surface area contributed by atoms with Crippen molar-refractivity contribution in [3.8, 4) is 0 Å². The molecule has 4 amide bonds. The average molecular weight is 323 g/mol. The van der Waals surface area contributed by atoms with Crippen LogP contribution in [0.1, 0.15) is 33.6 Å². The summed E-state index contributed by atoms with van der Waals surface area (Å²) in [6.07, 6.45) is 0.447. The Morgan fingerprint density at radius 3 is 2.67 bits per heavy atom. The first-order valence-electron chi connectivity index (χ1n) is 7.52. The van der Waals surface area contributed by atoms with Crippen molar-refractivity contribution in [2.45, 2.75) is 18.9 Å². The predicted octanol–water partition coefficient (Wildman–Crippen LogP) is 0.704. The summed E-state index contributed by atoms with van der Waals surface area (Å²) < 4.78 is 0. The predicted molar refractivity (Wildman–Crippen MR) is 85.4 cm³/mol. The highest BCUT2D eigenvalue weighted by atomic mass is 16.2. The zero-order valence-electron chi connectivity index (χ0n) is 12.5. The van der Waals surface area contributed by atoms with Gasteiger partial charge in [-0.05, 0) is 30.0 Å². The lowest BCUT2D eigenvalue weighted by Gasteiger charge is -2.30. The molecule has 2 heterocycles. The summed E-state index contributed by atoms with van der Waals surface area (Å²) in [5.74, 6) is -1.72. The maximum absolute atomic E-state index is 12.8. The van der Waals surface area contributed by atoms with E-state index in [0.717, 1.165) is 0 Å². The van der Waals surface area contributed by atoms with Gasteiger partial charge in [0.05, 0.1) is 5.69 Å². The number of imide groups is 1. The number of amides is 4. The van der Waals surface area contributed by atoms with E-state index < -0.39 is 17.9 Å². The molecule has 0 spiro atoms. The molecule has 1 saturated heterocycles. The first kappa shape index (κ1) is 14.4. The van der Waals surface area contributed by atoms with Gasteiger partial charge in [-0.3, -0.25) is 29.4 Å². The van der Waals surface area contributed by atoms with Gasteiger partial charge in [0, 0.05) is 22.9 Å². The summed E-state index contributed by atoms with van der Waals surface area (Å²) in [4.78, 5) is 49.4. The molecule has 0 aromatic heterocycles. The molecule has 0 bridgehead atoms. The summed E-state index contributed by atoms with van der Waals surface area (Å²) in [7, 11) is 0. The monoisotopic (exact) mass is 323 g/mol. The molecule has 7 nitrogen and oxygen atoms in total. The number of hydrogen-bond acceptors (Lipinski definition) is 4. The number of hydrogen-bond donors (Lipinski definition) is 2. The maximum atomic E-state index is 12.8. The molecule has 24 heavy (non-hydrogen) atoms. The van der Waals surface area contributed by atoms with E-state index in [1.165, 1.54) is 11.0 Å². The molecule has 4 rings (SSSR count). The van der Waals surface area contributed by atoms with Crippen LogP contribution in [-0.4, -0.2) is 29.7 Å². The van der Waals surface area contributed by atoms with Crippen LogP contribution in [0.2, 0.25) is 0 Å². The average Bonchev–Trinajstić information content (AvgIpc) is 2.82. The van der Waals surface area contributed by atoms with E-state index in [2.05, 4.69) is 5.32 Å². The van der Waals surface area contributed by atoms with Gasteiger partial charge >= 0.3 is 0 Å². The lowest BCUT2D eigenvalue weighted by Crippen LogP contribution is -2.53. The van der Waals surface area contributed by atoms with Crippen molar-refractivity contribution in [3.05, 3.63) is 41.5 Å². The quantitative estimate of drug-likeness (QED) is 0.793. The fraction of sp³-hybridized carbons (Fsp3) is 0.176. The molecule has 2 aliphatic heterocycles. The van der Waals surface area contributed by atoms with Crippen molar-refractivity contribution in [3.63, 3.8) is 0 Å². The molecule has 0 radical (unpaired) electrons. The minimum atomic E-state index is -0.745. The van der Waals surface area contributed by atoms with Crippen LogP contribution in [0.4, 0.5) is 5.69 Å². The number of carbonyl (C=O) groups excluding carboxylic acids is 4. The molecule has 1 atom stereocenters. The van der Waals surface area contributed by atoms with Crippen LogP contribution in [0.3, 0.4) is 0 Å². The van der Waals surface area contributed by atoms with Crippen molar-refractivity contribution < 1.29 is 19.2 Å². The largest absolute Gasteiger partial charge is 0.366 e. The van der Waals surface area contributed by atoms with E-state index in [9.17, 15) is 19.2 Å². The fourth-order valence-corrected chi connectivity index (χ4v) is 3.46. The lowest BCUT2D eigenvalue weighted by molar-refractivity contribution is -0.134. The normalized spacial score (nSPS) is 19.8. The van der Waals surface area contributed by atoms with E-state index >= 15 is 0 Å². The van der Waals surface area contributed by atoms with Crippen LogP contribution in [0.25, 0.3) is 10.8 Å². The van der Waals surface area contributed by atoms with Crippen LogP contribution in [0, 0.1) is 0 Å². The van der Waals surface area contributed by atoms with Gasteiger partial charge in [-0.15, -0.1) is 0 Å². The molecule has 3 N–H and O–H groups in total. The molecule has 1 fully saturated rings. The topological polar surface area (TPSA) is 110 Å². The maximum Gasteiger partial charge on any atom is 0.259 e. The zero-order chi connectivity index (χ0) is 17.0. The first-order valence-corrected chi connectivity index (χ1v) is 7.52. The Morgan fingerprint density at radius 1 is 1.17 bits per heavy atom. The summed E-state index contributed by atoms with van der Waals surface area (Å²) >= 11 is 0. The number of nitrogens with two attached hydrogens (primary N) is 1. The number of carbonyl (C=O) groups is 4. The smallest absolute Gasteiger partial charge is 0.259 e. The number of nitrogens with one attached hydrogen (secondary N) is 1. The molecule has 1 unspecified atom stereocenters. The van der Waals surface area contributed by atoms with Gasteiger partial charge < -0.3 is 5.73 Å². The van der Waals surface area contributed by atoms with Crippen molar-refractivity contribution in [1.82, 2.24) is 5.32 Å². The Labute approximate surface area is 136 Å². The van der Waals surface area contributed by atoms with Gasteiger partial charge in [-0.1, -0.05) is 12.1 Å². The van der Waals surface area contributed by atoms with E-state index in [-0.39, 0.29) is 24.7 Å². The number of anilines is 1. The number of rotatable bonds is 2. The fourth-order valence-electron chi connectivity index (χ4n) is 3.46. The lowest BCUT2D eigenvalue weighted by atomic mass is 10.00. The van der Waals surface area contributed by atoms with Gasteiger partial charge in [0.2, 0.25) is 17.7 Å². The number of piperidine rings is 1. The molecule has 0 saturated carbocycles. The van der Waals surface area contributed by atoms with Crippen LogP contribution in [0.5, 0.6) is 0 Å². The van der Waals surface area contributed by atoms with Gasteiger partial charge in [0.1, 0.15) is 6.04 Å². The molecular weight excluding hydrogens is 310 g/mol. The molecular formula is C17H13N3O4. The van der Waals surface area contributed by atoms with E-state index in [1.54, 1.807) is 24.3 Å². The minimum absolute atomic E-state index is 0.180. The van der Waals surface area contributed by atoms with Gasteiger partial charge in [-0.2, -0.15) is 0 Å².